The maximum Gasteiger partial charge on any atom is 0.240 e. The second kappa shape index (κ2) is 11.9. The molecule has 208 valence electrons. The number of hydrogen-bond donors (Lipinski definition) is 1. The van der Waals surface area contributed by atoms with E-state index < -0.39 is 0 Å². The number of anilines is 1. The molecule has 2 amide bonds. The van der Waals surface area contributed by atoms with Crippen LogP contribution in [0.1, 0.15) is 69.2 Å². The van der Waals surface area contributed by atoms with E-state index in [1.165, 1.54) is 0 Å². The Hall–Kier alpha value is -3.26. The van der Waals surface area contributed by atoms with Crippen LogP contribution in [0.25, 0.3) is 5.69 Å². The van der Waals surface area contributed by atoms with Crippen LogP contribution in [0.15, 0.2) is 48.5 Å². The maximum absolute atomic E-state index is 13.8. The highest BCUT2D eigenvalue weighted by Crippen LogP contribution is 2.48. The number of rotatable bonds is 8. The zero-order valence-corrected chi connectivity index (χ0v) is 24.9. The first-order chi connectivity index (χ1) is 18.5. The number of ether oxygens (including phenoxy) is 1. The summed E-state index contributed by atoms with van der Waals surface area (Å²) in [5, 5.41) is 8.06. The van der Waals surface area contributed by atoms with Gasteiger partial charge in [-0.3, -0.25) is 14.5 Å². The van der Waals surface area contributed by atoms with E-state index in [0.29, 0.717) is 18.3 Å². The minimum absolute atomic E-state index is 0.0575. The normalized spacial score (nSPS) is 15.7. The van der Waals surface area contributed by atoms with Crippen LogP contribution < -0.4 is 15.0 Å². The molecule has 0 saturated heterocycles. The Morgan fingerprint density at radius 1 is 1.15 bits per heavy atom. The number of nitrogens with one attached hydrogen (secondary N) is 1. The Kier molecular flexibility index (Phi) is 8.74. The first kappa shape index (κ1) is 28.7. The van der Waals surface area contributed by atoms with Crippen molar-refractivity contribution in [3.63, 3.8) is 0 Å². The molecule has 0 spiro atoms. The van der Waals surface area contributed by atoms with Gasteiger partial charge in [-0.25, -0.2) is 4.68 Å². The van der Waals surface area contributed by atoms with E-state index in [2.05, 4.69) is 65.1 Å². The molecule has 39 heavy (non-hydrogen) atoms. The van der Waals surface area contributed by atoms with Crippen LogP contribution in [-0.4, -0.2) is 47.5 Å². The first-order valence-corrected chi connectivity index (χ1v) is 14.6. The number of para-hydroxylation sites is 1. The van der Waals surface area contributed by atoms with Gasteiger partial charge in [0.2, 0.25) is 11.8 Å². The SMILES string of the molecule is CCc1ccccc1-n1nc(C(C)(C)C)c2c1N(CC(=O)NCC(C)C)C(=O)CSC2c1ccc(OC)cc1. The van der Waals surface area contributed by atoms with Gasteiger partial charge in [-0.1, -0.05) is 71.9 Å². The fourth-order valence-electron chi connectivity index (χ4n) is 4.82. The maximum atomic E-state index is 13.8. The van der Waals surface area contributed by atoms with Crippen LogP contribution in [0.5, 0.6) is 5.75 Å². The van der Waals surface area contributed by atoms with Gasteiger partial charge < -0.3 is 10.1 Å². The van der Waals surface area contributed by atoms with Crippen molar-refractivity contribution in [3.05, 3.63) is 70.9 Å². The van der Waals surface area contributed by atoms with E-state index >= 15 is 0 Å². The third kappa shape index (κ3) is 6.16. The lowest BCUT2D eigenvalue weighted by Crippen LogP contribution is -2.43. The van der Waals surface area contributed by atoms with Gasteiger partial charge in [0, 0.05) is 17.5 Å². The van der Waals surface area contributed by atoms with Gasteiger partial charge in [-0.05, 0) is 41.7 Å². The summed E-state index contributed by atoms with van der Waals surface area (Å²) in [6, 6.07) is 16.2. The summed E-state index contributed by atoms with van der Waals surface area (Å²) in [5.41, 5.74) is 4.70. The monoisotopic (exact) mass is 548 g/mol. The smallest absolute Gasteiger partial charge is 0.240 e. The Morgan fingerprint density at radius 3 is 2.46 bits per heavy atom. The fourth-order valence-corrected chi connectivity index (χ4v) is 6.02. The molecule has 1 unspecified atom stereocenters. The summed E-state index contributed by atoms with van der Waals surface area (Å²) in [6.07, 6.45) is 0.815. The van der Waals surface area contributed by atoms with Gasteiger partial charge in [0.05, 0.1) is 29.5 Å². The van der Waals surface area contributed by atoms with Crippen molar-refractivity contribution in [2.45, 2.75) is 58.6 Å². The average Bonchev–Trinajstić information content (AvgIpc) is 3.25. The number of carbonyl (C=O) groups is 2. The number of benzene rings is 2. The Morgan fingerprint density at radius 2 is 1.85 bits per heavy atom. The summed E-state index contributed by atoms with van der Waals surface area (Å²) in [7, 11) is 1.65. The lowest BCUT2D eigenvalue weighted by atomic mass is 9.87. The zero-order chi connectivity index (χ0) is 28.3. The van der Waals surface area contributed by atoms with Crippen LogP contribution in [0.2, 0.25) is 0 Å². The van der Waals surface area contributed by atoms with Crippen molar-refractivity contribution in [2.75, 3.05) is 30.9 Å². The van der Waals surface area contributed by atoms with E-state index in [-0.39, 0.29) is 34.8 Å². The summed E-state index contributed by atoms with van der Waals surface area (Å²) < 4.78 is 7.31. The molecule has 0 radical (unpaired) electrons. The van der Waals surface area contributed by atoms with Gasteiger partial charge in [-0.15, -0.1) is 11.8 Å². The Labute approximate surface area is 236 Å². The zero-order valence-electron chi connectivity index (χ0n) is 24.1. The second-order valence-corrected chi connectivity index (χ2v) is 12.5. The highest BCUT2D eigenvalue weighted by atomic mass is 32.2. The number of methoxy groups -OCH3 is 1. The minimum Gasteiger partial charge on any atom is -0.497 e. The summed E-state index contributed by atoms with van der Waals surface area (Å²) in [4.78, 5) is 28.6. The summed E-state index contributed by atoms with van der Waals surface area (Å²) in [6.45, 7) is 13.2. The molecule has 1 aromatic heterocycles. The Balaban J connectivity index is 1.98. The van der Waals surface area contributed by atoms with Gasteiger partial charge in [0.15, 0.2) is 0 Å². The Bertz CT molecular complexity index is 1320. The van der Waals surface area contributed by atoms with Crippen molar-refractivity contribution in [3.8, 4) is 11.4 Å². The molecule has 0 bridgehead atoms. The van der Waals surface area contributed by atoms with E-state index in [4.69, 9.17) is 9.84 Å². The molecule has 0 saturated carbocycles. The molecule has 4 rings (SSSR count). The molecule has 1 atom stereocenters. The largest absolute Gasteiger partial charge is 0.497 e. The van der Waals surface area contributed by atoms with E-state index in [9.17, 15) is 9.59 Å². The molecule has 1 N–H and O–H groups in total. The van der Waals surface area contributed by atoms with Crippen LogP contribution in [0, 0.1) is 5.92 Å². The molecular formula is C31H40N4O3S. The predicted octanol–water partition coefficient (Wildman–Crippen LogP) is 5.68. The van der Waals surface area contributed by atoms with Crippen LogP contribution in [-0.2, 0) is 21.4 Å². The molecule has 3 aromatic rings. The molecule has 0 aliphatic carbocycles. The van der Waals surface area contributed by atoms with Crippen molar-refractivity contribution in [2.24, 2.45) is 5.92 Å². The highest BCUT2D eigenvalue weighted by molar-refractivity contribution is 8.00. The molecule has 8 heteroatoms. The van der Waals surface area contributed by atoms with Crippen LogP contribution in [0.3, 0.4) is 0 Å². The quantitative estimate of drug-likeness (QED) is 0.392. The molecule has 2 aromatic carbocycles. The van der Waals surface area contributed by atoms with Gasteiger partial charge in [0.25, 0.3) is 0 Å². The number of nitrogens with zero attached hydrogens (tertiary/aromatic N) is 3. The highest BCUT2D eigenvalue weighted by Gasteiger charge is 2.40. The number of aryl methyl sites for hydroxylation is 1. The topological polar surface area (TPSA) is 76.5 Å². The number of aromatic nitrogens is 2. The van der Waals surface area contributed by atoms with E-state index in [1.54, 1.807) is 23.8 Å². The molecule has 2 heterocycles. The number of carbonyl (C=O) groups excluding carboxylic acids is 2. The van der Waals surface area contributed by atoms with Crippen LogP contribution in [0.4, 0.5) is 5.82 Å². The van der Waals surface area contributed by atoms with E-state index in [1.807, 2.05) is 35.0 Å². The fraction of sp³-hybridized carbons (Fsp3) is 0.452. The molecule has 7 nitrogen and oxygen atoms in total. The summed E-state index contributed by atoms with van der Waals surface area (Å²) >= 11 is 1.58. The first-order valence-electron chi connectivity index (χ1n) is 13.6. The van der Waals surface area contributed by atoms with E-state index in [0.717, 1.165) is 40.2 Å². The molecule has 1 aliphatic rings. The molecule has 0 fully saturated rings. The van der Waals surface area contributed by atoms with Gasteiger partial charge in [0.1, 0.15) is 18.1 Å². The van der Waals surface area contributed by atoms with Crippen molar-refractivity contribution in [1.29, 1.82) is 0 Å². The van der Waals surface area contributed by atoms with Crippen LogP contribution >= 0.6 is 11.8 Å². The number of thioether (sulfide) groups is 1. The van der Waals surface area contributed by atoms with Crippen molar-refractivity contribution >= 4 is 29.4 Å². The van der Waals surface area contributed by atoms with Gasteiger partial charge in [-0.2, -0.15) is 5.10 Å². The minimum atomic E-state index is -0.305. The third-order valence-corrected chi connectivity index (χ3v) is 8.08. The lowest BCUT2D eigenvalue weighted by Gasteiger charge is -2.25. The third-order valence-electron chi connectivity index (χ3n) is 6.83. The summed E-state index contributed by atoms with van der Waals surface area (Å²) in [5.74, 6) is 1.74. The van der Waals surface area contributed by atoms with Crippen molar-refractivity contribution in [1.82, 2.24) is 15.1 Å². The van der Waals surface area contributed by atoms with Crippen molar-refractivity contribution < 1.29 is 14.3 Å². The number of fused-ring (bicyclic) bond motifs is 1. The molecular weight excluding hydrogens is 508 g/mol. The lowest BCUT2D eigenvalue weighted by molar-refractivity contribution is -0.123. The number of amides is 2. The molecule has 1 aliphatic heterocycles. The predicted molar refractivity (Wildman–Crippen MR) is 159 cm³/mol. The average molecular weight is 549 g/mol. The second-order valence-electron chi connectivity index (χ2n) is 11.4. The number of hydrogen-bond acceptors (Lipinski definition) is 5. The standard InChI is InChI=1S/C31H40N4O3S/c1-8-21-11-9-10-12-24(21)35-30-27(29(33-35)31(4,5)6)28(22-13-15-23(38-7)16-14-22)39-19-26(37)34(30)18-25(36)32-17-20(2)3/h9-16,20,28H,8,17-19H2,1-7H3,(H,32,36). The van der Waals surface area contributed by atoms with Gasteiger partial charge >= 0.3 is 0 Å².